The molecule has 0 saturated carbocycles. The molecule has 0 saturated heterocycles. The van der Waals surface area contributed by atoms with Gasteiger partial charge in [0.15, 0.2) is 0 Å². The molecule has 16 heavy (non-hydrogen) atoms. The molecule has 5 heteroatoms. The van der Waals surface area contributed by atoms with Crippen LogP contribution in [0.4, 0.5) is 0 Å². The third kappa shape index (κ3) is 2.56. The van der Waals surface area contributed by atoms with Gasteiger partial charge in [0.05, 0.1) is 30.1 Å². The maximum atomic E-state index is 10.5. The summed E-state index contributed by atoms with van der Waals surface area (Å²) in [6.45, 7) is 5.02. The zero-order valence-corrected chi connectivity index (χ0v) is 10.8. The first-order valence-electron chi connectivity index (χ1n) is 5.52. The summed E-state index contributed by atoms with van der Waals surface area (Å²) < 4.78 is 6.73. The number of hydrogen-bond acceptors (Lipinski definition) is 3. The Balaban J connectivity index is 3.04. The van der Waals surface area contributed by atoms with Crippen molar-refractivity contribution in [1.82, 2.24) is 9.78 Å². The number of ether oxygens (including phenoxy) is 1. The molecule has 0 aliphatic carbocycles. The molecule has 4 nitrogen and oxygen atoms in total. The minimum atomic E-state index is -0.901. The number of hydrogen-bond donors (Lipinski definition) is 1. The highest BCUT2D eigenvalue weighted by Crippen LogP contribution is 2.33. The molecule has 1 rings (SSSR count). The molecule has 0 bridgehead atoms. The molecule has 92 valence electrons. The van der Waals surface area contributed by atoms with E-state index >= 15 is 0 Å². The van der Waals surface area contributed by atoms with Crippen LogP contribution in [0.15, 0.2) is 6.20 Å². The predicted octanol–water partition coefficient (Wildman–Crippen LogP) is 2.19. The van der Waals surface area contributed by atoms with Crippen molar-refractivity contribution in [2.45, 2.75) is 38.8 Å². The highest BCUT2D eigenvalue weighted by Gasteiger charge is 2.31. The third-order valence-electron chi connectivity index (χ3n) is 2.91. The first kappa shape index (κ1) is 13.5. The van der Waals surface area contributed by atoms with Gasteiger partial charge in [0.2, 0.25) is 0 Å². The van der Waals surface area contributed by atoms with E-state index in [1.165, 1.54) is 0 Å². The number of halogens is 1. The minimum Gasteiger partial charge on any atom is -0.384 e. The van der Waals surface area contributed by atoms with Crippen molar-refractivity contribution in [3.63, 3.8) is 0 Å². The highest BCUT2D eigenvalue weighted by molar-refractivity contribution is 6.31. The van der Waals surface area contributed by atoms with Crippen LogP contribution in [0.25, 0.3) is 0 Å². The largest absolute Gasteiger partial charge is 0.384 e. The zero-order valence-electron chi connectivity index (χ0n) is 10.0. The first-order valence-corrected chi connectivity index (χ1v) is 5.90. The molecule has 0 aliphatic heterocycles. The quantitative estimate of drug-likeness (QED) is 0.837. The maximum absolute atomic E-state index is 10.5. The summed E-state index contributed by atoms with van der Waals surface area (Å²) in [7, 11) is 1.64. The van der Waals surface area contributed by atoms with Crippen molar-refractivity contribution in [2.24, 2.45) is 0 Å². The SMILES string of the molecule is CCC(O)(CC)c1c(Cl)cnn1CCOC. The van der Waals surface area contributed by atoms with E-state index in [0.717, 1.165) is 0 Å². The van der Waals surface area contributed by atoms with Gasteiger partial charge >= 0.3 is 0 Å². The topological polar surface area (TPSA) is 47.3 Å². The van der Waals surface area contributed by atoms with E-state index in [1.807, 2.05) is 13.8 Å². The van der Waals surface area contributed by atoms with Crippen LogP contribution >= 0.6 is 11.6 Å². The van der Waals surface area contributed by atoms with Crippen LogP contribution in [0, 0.1) is 0 Å². The van der Waals surface area contributed by atoms with Crippen LogP contribution in [0.5, 0.6) is 0 Å². The number of nitrogens with zero attached hydrogens (tertiary/aromatic N) is 2. The van der Waals surface area contributed by atoms with Gasteiger partial charge in [0, 0.05) is 7.11 Å². The fraction of sp³-hybridized carbons (Fsp3) is 0.727. The molecule has 0 amide bonds. The third-order valence-corrected chi connectivity index (χ3v) is 3.19. The van der Waals surface area contributed by atoms with E-state index < -0.39 is 5.60 Å². The van der Waals surface area contributed by atoms with Gasteiger partial charge in [-0.25, -0.2) is 0 Å². The standard InChI is InChI=1S/C11H19ClN2O2/c1-4-11(15,5-2)10-9(12)8-13-14(10)6-7-16-3/h8,15H,4-7H2,1-3H3. The van der Waals surface area contributed by atoms with Gasteiger partial charge in [0.1, 0.15) is 5.60 Å². The fourth-order valence-electron chi connectivity index (χ4n) is 1.76. The summed E-state index contributed by atoms with van der Waals surface area (Å²) in [6.07, 6.45) is 2.80. The lowest BCUT2D eigenvalue weighted by molar-refractivity contribution is 0.0181. The second-order valence-electron chi connectivity index (χ2n) is 3.80. The van der Waals surface area contributed by atoms with Gasteiger partial charge in [-0.05, 0) is 12.8 Å². The summed E-state index contributed by atoms with van der Waals surface area (Å²) >= 11 is 6.08. The van der Waals surface area contributed by atoms with Gasteiger partial charge in [-0.3, -0.25) is 4.68 Å². The number of methoxy groups -OCH3 is 1. The van der Waals surface area contributed by atoms with Crippen molar-refractivity contribution in [2.75, 3.05) is 13.7 Å². The molecule has 1 aromatic heterocycles. The Morgan fingerprint density at radius 3 is 2.62 bits per heavy atom. The monoisotopic (exact) mass is 246 g/mol. The molecule has 1 aromatic rings. The molecule has 0 unspecified atom stereocenters. The van der Waals surface area contributed by atoms with Gasteiger partial charge in [-0.1, -0.05) is 25.4 Å². The van der Waals surface area contributed by atoms with Gasteiger partial charge < -0.3 is 9.84 Å². The predicted molar refractivity (Wildman–Crippen MR) is 63.6 cm³/mol. The normalized spacial score (nSPS) is 12.1. The minimum absolute atomic E-state index is 0.516. The van der Waals surface area contributed by atoms with Crippen LogP contribution < -0.4 is 0 Å². The summed E-state index contributed by atoms with van der Waals surface area (Å²) in [6, 6.07) is 0. The molecular weight excluding hydrogens is 228 g/mol. The average molecular weight is 247 g/mol. The second kappa shape index (κ2) is 5.66. The number of aliphatic hydroxyl groups is 1. The molecule has 1 heterocycles. The maximum Gasteiger partial charge on any atom is 0.107 e. The van der Waals surface area contributed by atoms with Crippen molar-refractivity contribution >= 4 is 11.6 Å². The van der Waals surface area contributed by atoms with E-state index in [2.05, 4.69) is 5.10 Å². The lowest BCUT2D eigenvalue weighted by Gasteiger charge is -2.26. The molecular formula is C11H19ClN2O2. The molecule has 0 spiro atoms. The number of aromatic nitrogens is 2. The van der Waals surface area contributed by atoms with Crippen molar-refractivity contribution in [3.05, 3.63) is 16.9 Å². The summed E-state index contributed by atoms with van der Waals surface area (Å²) in [5.41, 5.74) is -0.211. The van der Waals surface area contributed by atoms with Crippen LogP contribution in [0.1, 0.15) is 32.4 Å². The van der Waals surface area contributed by atoms with Crippen LogP contribution in [0.2, 0.25) is 5.02 Å². The summed E-state index contributed by atoms with van der Waals surface area (Å²) in [4.78, 5) is 0. The van der Waals surface area contributed by atoms with E-state index in [4.69, 9.17) is 16.3 Å². The molecule has 1 N–H and O–H groups in total. The van der Waals surface area contributed by atoms with E-state index in [9.17, 15) is 5.11 Å². The Kier molecular flexibility index (Phi) is 4.77. The van der Waals surface area contributed by atoms with E-state index in [0.29, 0.717) is 36.7 Å². The van der Waals surface area contributed by atoms with Crippen molar-refractivity contribution in [3.8, 4) is 0 Å². The Morgan fingerprint density at radius 1 is 1.50 bits per heavy atom. The van der Waals surface area contributed by atoms with E-state index in [1.54, 1.807) is 18.0 Å². The summed E-state index contributed by atoms with van der Waals surface area (Å²) in [5.74, 6) is 0. The Labute approximate surface area is 101 Å². The highest BCUT2D eigenvalue weighted by atomic mass is 35.5. The lowest BCUT2D eigenvalue weighted by Crippen LogP contribution is -2.28. The smallest absolute Gasteiger partial charge is 0.107 e. The molecule has 0 fully saturated rings. The average Bonchev–Trinajstić information content (AvgIpc) is 2.67. The van der Waals surface area contributed by atoms with Gasteiger partial charge in [-0.2, -0.15) is 5.10 Å². The molecule has 0 aliphatic rings. The fourth-order valence-corrected chi connectivity index (χ4v) is 2.07. The van der Waals surface area contributed by atoms with Crippen molar-refractivity contribution in [1.29, 1.82) is 0 Å². The van der Waals surface area contributed by atoms with Crippen LogP contribution in [-0.2, 0) is 16.9 Å². The molecule has 0 aromatic carbocycles. The zero-order chi connectivity index (χ0) is 12.2. The molecule has 0 radical (unpaired) electrons. The number of rotatable bonds is 6. The van der Waals surface area contributed by atoms with Gasteiger partial charge in [-0.15, -0.1) is 0 Å². The Bertz CT molecular complexity index is 335. The lowest BCUT2D eigenvalue weighted by atomic mass is 9.93. The Hall–Kier alpha value is -0.580. The van der Waals surface area contributed by atoms with Crippen LogP contribution in [-0.4, -0.2) is 28.6 Å². The van der Waals surface area contributed by atoms with Crippen LogP contribution in [0.3, 0.4) is 0 Å². The second-order valence-corrected chi connectivity index (χ2v) is 4.20. The first-order chi connectivity index (χ1) is 7.59. The van der Waals surface area contributed by atoms with Gasteiger partial charge in [0.25, 0.3) is 0 Å². The Morgan fingerprint density at radius 2 is 2.12 bits per heavy atom. The van der Waals surface area contributed by atoms with E-state index in [-0.39, 0.29) is 0 Å². The summed E-state index contributed by atoms with van der Waals surface area (Å²) in [5, 5.41) is 15.1. The van der Waals surface area contributed by atoms with Crippen molar-refractivity contribution < 1.29 is 9.84 Å². The molecule has 0 atom stereocenters.